The SMILES string of the molecule is CN1CC(=O)N(c2ccccc2C#N)CC1C(=O)O. The van der Waals surface area contributed by atoms with Gasteiger partial charge in [-0.15, -0.1) is 0 Å². The lowest BCUT2D eigenvalue weighted by Crippen LogP contribution is -2.57. The van der Waals surface area contributed by atoms with Crippen molar-refractivity contribution >= 4 is 17.6 Å². The van der Waals surface area contributed by atoms with E-state index >= 15 is 0 Å². The molecule has 98 valence electrons. The van der Waals surface area contributed by atoms with Crippen LogP contribution >= 0.6 is 0 Å². The number of carbonyl (C=O) groups excluding carboxylic acids is 1. The number of nitriles is 1. The summed E-state index contributed by atoms with van der Waals surface area (Å²) in [4.78, 5) is 26.1. The van der Waals surface area contributed by atoms with Crippen LogP contribution in [0.25, 0.3) is 0 Å². The Bertz CT molecular complexity index is 564. The van der Waals surface area contributed by atoms with Crippen molar-refractivity contribution in [1.82, 2.24) is 4.90 Å². The van der Waals surface area contributed by atoms with E-state index in [1.807, 2.05) is 6.07 Å². The van der Waals surface area contributed by atoms with Crippen LogP contribution in [0.3, 0.4) is 0 Å². The molecule has 1 aromatic rings. The Morgan fingerprint density at radius 3 is 2.79 bits per heavy atom. The molecule has 2 rings (SSSR count). The second-order valence-corrected chi connectivity index (χ2v) is 4.40. The summed E-state index contributed by atoms with van der Waals surface area (Å²) < 4.78 is 0. The average molecular weight is 259 g/mol. The highest BCUT2D eigenvalue weighted by molar-refractivity contribution is 5.98. The fourth-order valence-electron chi connectivity index (χ4n) is 2.13. The first-order valence-corrected chi connectivity index (χ1v) is 5.77. The minimum absolute atomic E-state index is 0.0245. The van der Waals surface area contributed by atoms with Gasteiger partial charge in [0.2, 0.25) is 5.91 Å². The van der Waals surface area contributed by atoms with Crippen LogP contribution in [0.4, 0.5) is 5.69 Å². The van der Waals surface area contributed by atoms with E-state index in [0.717, 1.165) is 0 Å². The molecule has 1 aromatic carbocycles. The molecule has 0 spiro atoms. The van der Waals surface area contributed by atoms with E-state index < -0.39 is 12.0 Å². The smallest absolute Gasteiger partial charge is 0.322 e. The Kier molecular flexibility index (Phi) is 3.49. The molecule has 1 saturated heterocycles. The van der Waals surface area contributed by atoms with Gasteiger partial charge in [0.1, 0.15) is 12.1 Å². The van der Waals surface area contributed by atoms with Gasteiger partial charge in [0.05, 0.1) is 24.3 Å². The number of hydrogen-bond acceptors (Lipinski definition) is 4. The van der Waals surface area contributed by atoms with Crippen LogP contribution in [-0.2, 0) is 9.59 Å². The highest BCUT2D eigenvalue weighted by Crippen LogP contribution is 2.23. The highest BCUT2D eigenvalue weighted by atomic mass is 16.4. The summed E-state index contributed by atoms with van der Waals surface area (Å²) in [5.41, 5.74) is 0.832. The number of benzene rings is 1. The summed E-state index contributed by atoms with van der Waals surface area (Å²) in [6.45, 7) is 0.0695. The number of likely N-dealkylation sites (N-methyl/N-ethyl adjacent to an activating group) is 1. The van der Waals surface area contributed by atoms with Crippen LogP contribution < -0.4 is 4.90 Å². The number of anilines is 1. The van der Waals surface area contributed by atoms with Crippen molar-refractivity contribution in [2.75, 3.05) is 25.0 Å². The van der Waals surface area contributed by atoms with Crippen molar-refractivity contribution in [3.8, 4) is 6.07 Å². The highest BCUT2D eigenvalue weighted by Gasteiger charge is 2.35. The van der Waals surface area contributed by atoms with E-state index in [2.05, 4.69) is 0 Å². The minimum atomic E-state index is -0.977. The normalized spacial score (nSPS) is 20.1. The van der Waals surface area contributed by atoms with Crippen LogP contribution in [-0.4, -0.2) is 48.1 Å². The molecule has 6 nitrogen and oxygen atoms in total. The number of para-hydroxylation sites is 1. The van der Waals surface area contributed by atoms with E-state index in [4.69, 9.17) is 10.4 Å². The van der Waals surface area contributed by atoms with Gasteiger partial charge >= 0.3 is 5.97 Å². The molecule has 1 aliphatic rings. The third kappa shape index (κ3) is 2.41. The van der Waals surface area contributed by atoms with Crippen LogP contribution in [0.1, 0.15) is 5.56 Å². The monoisotopic (exact) mass is 259 g/mol. The number of hydrogen-bond donors (Lipinski definition) is 1. The molecule has 19 heavy (non-hydrogen) atoms. The molecule has 0 aromatic heterocycles. The lowest BCUT2D eigenvalue weighted by molar-refractivity contribution is -0.144. The molecule has 0 saturated carbocycles. The predicted octanol–water partition coefficient (Wildman–Crippen LogP) is 0.290. The van der Waals surface area contributed by atoms with Crippen LogP contribution in [0.15, 0.2) is 24.3 Å². The summed E-state index contributed by atoms with van der Waals surface area (Å²) in [7, 11) is 1.60. The number of carbonyl (C=O) groups is 2. The van der Waals surface area contributed by atoms with Gasteiger partial charge in [-0.1, -0.05) is 12.1 Å². The molecular formula is C13H13N3O3. The molecule has 1 N–H and O–H groups in total. The van der Waals surface area contributed by atoms with Crippen molar-refractivity contribution < 1.29 is 14.7 Å². The van der Waals surface area contributed by atoms with Crippen molar-refractivity contribution in [3.05, 3.63) is 29.8 Å². The van der Waals surface area contributed by atoms with Crippen molar-refractivity contribution in [2.24, 2.45) is 0 Å². The van der Waals surface area contributed by atoms with Gasteiger partial charge in [-0.05, 0) is 19.2 Å². The first kappa shape index (κ1) is 13.1. The van der Waals surface area contributed by atoms with Crippen LogP contribution in [0.5, 0.6) is 0 Å². The molecule has 6 heteroatoms. The summed E-state index contributed by atoms with van der Waals surface area (Å²) in [6, 6.07) is 7.94. The zero-order valence-electron chi connectivity index (χ0n) is 10.4. The van der Waals surface area contributed by atoms with Crippen molar-refractivity contribution in [2.45, 2.75) is 6.04 Å². The number of rotatable bonds is 2. The van der Waals surface area contributed by atoms with Crippen LogP contribution in [0, 0.1) is 11.3 Å². The zero-order chi connectivity index (χ0) is 14.0. The molecule has 0 radical (unpaired) electrons. The van der Waals surface area contributed by atoms with Gasteiger partial charge in [0, 0.05) is 0 Å². The van der Waals surface area contributed by atoms with Gasteiger partial charge in [-0.25, -0.2) is 0 Å². The van der Waals surface area contributed by atoms with E-state index in [1.165, 1.54) is 9.80 Å². The molecule has 0 aliphatic carbocycles. The maximum Gasteiger partial charge on any atom is 0.322 e. The summed E-state index contributed by atoms with van der Waals surface area (Å²) in [5.74, 6) is -1.18. The Morgan fingerprint density at radius 2 is 2.16 bits per heavy atom. The lowest BCUT2D eigenvalue weighted by atomic mass is 10.1. The summed E-state index contributed by atoms with van der Waals surface area (Å²) >= 11 is 0. The molecule has 0 bridgehead atoms. The number of piperazine rings is 1. The van der Waals surface area contributed by atoms with Crippen molar-refractivity contribution in [3.63, 3.8) is 0 Å². The largest absolute Gasteiger partial charge is 0.480 e. The topological polar surface area (TPSA) is 84.6 Å². The Hall–Kier alpha value is -2.39. The second kappa shape index (κ2) is 5.08. The third-order valence-corrected chi connectivity index (χ3v) is 3.17. The van der Waals surface area contributed by atoms with E-state index in [1.54, 1.807) is 31.3 Å². The molecule has 1 unspecified atom stereocenters. The molecule has 1 amide bonds. The number of carboxylic acids is 1. The Labute approximate surface area is 110 Å². The predicted molar refractivity (Wildman–Crippen MR) is 67.6 cm³/mol. The molecule has 1 heterocycles. The fraction of sp³-hybridized carbons (Fsp3) is 0.308. The number of carboxylic acid groups (broad SMARTS) is 1. The van der Waals surface area contributed by atoms with Gasteiger partial charge in [-0.3, -0.25) is 14.5 Å². The lowest BCUT2D eigenvalue weighted by Gasteiger charge is -2.37. The summed E-state index contributed by atoms with van der Waals surface area (Å²) in [6.07, 6.45) is 0. The number of aliphatic carboxylic acids is 1. The maximum atomic E-state index is 12.0. The van der Waals surface area contributed by atoms with Crippen LogP contribution in [0.2, 0.25) is 0 Å². The third-order valence-electron chi connectivity index (χ3n) is 3.17. The molecular weight excluding hydrogens is 246 g/mol. The Morgan fingerprint density at radius 1 is 1.47 bits per heavy atom. The number of nitrogens with zero attached hydrogens (tertiary/aromatic N) is 3. The number of amides is 1. The quantitative estimate of drug-likeness (QED) is 0.825. The maximum absolute atomic E-state index is 12.0. The minimum Gasteiger partial charge on any atom is -0.480 e. The van der Waals surface area contributed by atoms with E-state index in [-0.39, 0.29) is 19.0 Å². The zero-order valence-corrected chi connectivity index (χ0v) is 10.4. The van der Waals surface area contributed by atoms with Gasteiger partial charge in [-0.2, -0.15) is 5.26 Å². The van der Waals surface area contributed by atoms with E-state index in [9.17, 15) is 9.59 Å². The Balaban J connectivity index is 2.36. The summed E-state index contributed by atoms with van der Waals surface area (Å²) in [5, 5.41) is 18.2. The van der Waals surface area contributed by atoms with Gasteiger partial charge < -0.3 is 10.0 Å². The van der Waals surface area contributed by atoms with Crippen molar-refractivity contribution in [1.29, 1.82) is 5.26 Å². The first-order valence-electron chi connectivity index (χ1n) is 5.77. The molecule has 1 atom stereocenters. The average Bonchev–Trinajstić information content (AvgIpc) is 2.38. The first-order chi connectivity index (χ1) is 9.04. The van der Waals surface area contributed by atoms with E-state index in [0.29, 0.717) is 11.3 Å². The fourth-order valence-corrected chi connectivity index (χ4v) is 2.13. The second-order valence-electron chi connectivity index (χ2n) is 4.40. The van der Waals surface area contributed by atoms with Gasteiger partial charge in [0.15, 0.2) is 0 Å². The standard InChI is InChI=1S/C13H13N3O3/c1-15-8-12(17)16(7-11(15)13(18)19)10-5-3-2-4-9(10)6-14/h2-5,11H,7-8H2,1H3,(H,18,19). The molecule has 1 aliphatic heterocycles. The van der Waals surface area contributed by atoms with Gasteiger partial charge in [0.25, 0.3) is 0 Å². The molecule has 1 fully saturated rings.